The van der Waals surface area contributed by atoms with Crippen LogP contribution in [0.1, 0.15) is 0 Å². The van der Waals surface area contributed by atoms with E-state index in [1.165, 1.54) is 0 Å². The fourth-order valence-corrected chi connectivity index (χ4v) is 0. The van der Waals surface area contributed by atoms with E-state index in [0.717, 1.165) is 0 Å². The Hall–Kier alpha value is 1.43. The molecule has 0 aromatic carbocycles. The second-order valence-electron chi connectivity index (χ2n) is 0.375. The van der Waals surface area contributed by atoms with E-state index in [1.807, 2.05) is 0 Å². The van der Waals surface area contributed by atoms with Gasteiger partial charge in [0.15, 0.2) is 0 Å². The molecule has 31 valence electrons. The van der Waals surface area contributed by atoms with Crippen LogP contribution in [0.15, 0.2) is 0 Å². The van der Waals surface area contributed by atoms with Gasteiger partial charge in [0.1, 0.15) is 0 Å². The summed E-state index contributed by atoms with van der Waals surface area (Å²) >= 11 is 9.94. The topological polar surface area (TPSA) is 0 Å². The first-order valence-corrected chi connectivity index (χ1v) is 5.29. The minimum absolute atomic E-state index is 0.312. The van der Waals surface area contributed by atoms with Crippen LogP contribution in [0, 0.1) is 0 Å². The van der Waals surface area contributed by atoms with E-state index in [-0.39, 0.29) is 18.4 Å². The van der Waals surface area contributed by atoms with Crippen molar-refractivity contribution in [3.63, 3.8) is 0 Å². The number of halogens is 3. The summed E-state index contributed by atoms with van der Waals surface area (Å²) in [4.78, 5) is 0. The van der Waals surface area contributed by atoms with Crippen molar-refractivity contribution in [3.8, 4) is 0 Å². The van der Waals surface area contributed by atoms with Crippen molar-refractivity contribution in [1.29, 1.82) is 0 Å². The average molecular weight is 194 g/mol. The Morgan fingerprint density at radius 1 is 1.40 bits per heavy atom. The first-order chi connectivity index (χ1) is 2.27. The molecule has 0 bridgehead atoms. The number of hydrogen-bond donors (Lipinski definition) is 0. The summed E-state index contributed by atoms with van der Waals surface area (Å²) in [5, 5.41) is 0. The molecule has 0 aliphatic heterocycles. The van der Waals surface area contributed by atoms with Gasteiger partial charge in [-0.2, -0.15) is 0 Å². The van der Waals surface area contributed by atoms with Crippen molar-refractivity contribution < 1.29 is 0 Å². The molecule has 0 atom stereocenters. The van der Waals surface area contributed by atoms with Crippen LogP contribution in [-0.2, 0) is 0 Å². The molecule has 0 aliphatic carbocycles. The molecule has 0 heterocycles. The van der Waals surface area contributed by atoms with Crippen LogP contribution in [0.4, 0.5) is 0 Å². The summed E-state index contributed by atoms with van der Waals surface area (Å²) in [6.45, 7) is 0. The van der Waals surface area contributed by atoms with E-state index >= 15 is 0 Å². The van der Waals surface area contributed by atoms with Crippen molar-refractivity contribution >= 4 is 48.0 Å². The zero-order chi connectivity index (χ0) is 4.28. The molecule has 0 amide bonds. The molecule has 0 spiro atoms. The Morgan fingerprint density at radius 3 is 1.60 bits per heavy atom. The molecule has 5 heavy (non-hydrogen) atoms. The van der Waals surface area contributed by atoms with Gasteiger partial charge < -0.3 is 0 Å². The molecule has 0 saturated heterocycles. The third-order valence-corrected chi connectivity index (χ3v) is 3.45. The van der Waals surface area contributed by atoms with Gasteiger partial charge in [-0.1, -0.05) is 0 Å². The third-order valence-electron chi connectivity index (χ3n) is 0.0738. The summed E-state index contributed by atoms with van der Waals surface area (Å²) in [6.07, 6.45) is 0. The second-order valence-corrected chi connectivity index (χ2v) is 5.31. The zero-order valence-electron chi connectivity index (χ0n) is 2.16. The molecular formula is CHAsCl3. The Kier molecular flexibility index (Phi) is 4.64. The summed E-state index contributed by atoms with van der Waals surface area (Å²) in [6, 6.07) is 0. The summed E-state index contributed by atoms with van der Waals surface area (Å²) < 4.78 is -0.312. The van der Waals surface area contributed by atoms with Gasteiger partial charge in [0.25, 0.3) is 0 Å². The molecule has 0 nitrogen and oxygen atoms in total. The molecule has 0 saturated carbocycles. The quantitative estimate of drug-likeness (QED) is 0.439. The van der Waals surface area contributed by atoms with E-state index in [0.29, 0.717) is 0 Å². The molecule has 0 aliphatic rings. The van der Waals surface area contributed by atoms with Gasteiger partial charge in [-0.25, -0.2) is 0 Å². The van der Waals surface area contributed by atoms with Gasteiger partial charge in [0.2, 0.25) is 0 Å². The standard InChI is InChI=1S/CHAsCl3/c3-1(4)2-5/h1H. The van der Waals surface area contributed by atoms with E-state index in [2.05, 4.69) is 0 Å². The molecule has 0 N–H and O–H groups in total. The maximum atomic E-state index is 5.17. The predicted octanol–water partition coefficient (Wildman–Crippen LogP) is 1.61. The molecule has 0 rings (SSSR count). The van der Waals surface area contributed by atoms with E-state index < -0.39 is 0 Å². The van der Waals surface area contributed by atoms with Gasteiger partial charge in [-0.15, -0.1) is 0 Å². The minimum atomic E-state index is -0.337. The predicted molar refractivity (Wildman–Crippen MR) is 27.1 cm³/mol. The Bertz CT molecular complexity index is 20.9. The molecule has 1 radical (unpaired) electrons. The van der Waals surface area contributed by atoms with Crippen LogP contribution >= 0.6 is 33.2 Å². The molecule has 0 aromatic heterocycles. The fourth-order valence-electron chi connectivity index (χ4n) is 0. The van der Waals surface area contributed by atoms with Gasteiger partial charge in [0.05, 0.1) is 0 Å². The van der Waals surface area contributed by atoms with E-state index in [9.17, 15) is 0 Å². The van der Waals surface area contributed by atoms with Gasteiger partial charge in [-0.05, 0) is 0 Å². The average Bonchev–Trinajstić information content (AvgIpc) is 1.38. The van der Waals surface area contributed by atoms with Gasteiger partial charge in [0, 0.05) is 0 Å². The number of rotatable bonds is 1. The SMILES string of the molecule is Cl[As]C(Cl)Cl. The van der Waals surface area contributed by atoms with Crippen LogP contribution in [0.25, 0.3) is 0 Å². The van der Waals surface area contributed by atoms with Crippen LogP contribution in [0.3, 0.4) is 0 Å². The summed E-state index contributed by atoms with van der Waals surface area (Å²) in [7, 11) is 5.17. The Morgan fingerprint density at radius 2 is 1.60 bits per heavy atom. The normalized spacial score (nSPS) is 12.0. The van der Waals surface area contributed by atoms with E-state index in [4.69, 9.17) is 33.2 Å². The van der Waals surface area contributed by atoms with Crippen molar-refractivity contribution in [2.24, 2.45) is 0 Å². The van der Waals surface area contributed by atoms with Crippen molar-refractivity contribution in [1.82, 2.24) is 0 Å². The second kappa shape index (κ2) is 3.61. The Labute approximate surface area is 51.6 Å². The Balaban J connectivity index is 2.54. The molecule has 0 aromatic rings. The summed E-state index contributed by atoms with van der Waals surface area (Å²) in [5.41, 5.74) is 0. The summed E-state index contributed by atoms with van der Waals surface area (Å²) in [5.74, 6) is 0. The first kappa shape index (κ1) is 6.43. The van der Waals surface area contributed by atoms with Crippen LogP contribution in [0.5, 0.6) is 0 Å². The molecular weight excluding hydrogens is 193 g/mol. The molecule has 0 unspecified atom stereocenters. The first-order valence-electron chi connectivity index (χ1n) is 0.864. The number of alkyl halides is 2. The van der Waals surface area contributed by atoms with Gasteiger partial charge in [-0.3, -0.25) is 0 Å². The van der Waals surface area contributed by atoms with Crippen LogP contribution < -0.4 is 0 Å². The third kappa shape index (κ3) is 5.43. The molecule has 4 heteroatoms. The van der Waals surface area contributed by atoms with Crippen molar-refractivity contribution in [2.45, 2.75) is 3.62 Å². The van der Waals surface area contributed by atoms with Gasteiger partial charge >= 0.3 is 51.6 Å². The van der Waals surface area contributed by atoms with E-state index in [1.54, 1.807) is 0 Å². The van der Waals surface area contributed by atoms with Crippen LogP contribution in [-0.4, -0.2) is 18.4 Å². The zero-order valence-corrected chi connectivity index (χ0v) is 6.30. The maximum absolute atomic E-state index is 5.17. The van der Waals surface area contributed by atoms with Crippen LogP contribution in [0.2, 0.25) is 0 Å². The number of hydrogen-bond acceptors (Lipinski definition) is 0. The van der Waals surface area contributed by atoms with Crippen molar-refractivity contribution in [2.75, 3.05) is 0 Å². The fraction of sp³-hybridized carbons (Fsp3) is 1.00. The monoisotopic (exact) mass is 193 g/mol. The molecule has 0 fully saturated rings. The van der Waals surface area contributed by atoms with Crippen molar-refractivity contribution in [3.05, 3.63) is 0 Å².